The van der Waals surface area contributed by atoms with Crippen molar-refractivity contribution in [3.63, 3.8) is 0 Å². The summed E-state index contributed by atoms with van der Waals surface area (Å²) in [7, 11) is -3.02. The number of hydrogen-bond acceptors (Lipinski definition) is 3. The van der Waals surface area contributed by atoms with Gasteiger partial charge in [-0.25, -0.2) is 10.0 Å². The van der Waals surface area contributed by atoms with Crippen LogP contribution in [0.5, 0.6) is 0 Å². The SMILES string of the molecule is CC(C)(C)c1cc(N2c3cc(N(c4ccccc4)c4ccccc4)cc4c3B3c5c(cccc5S(c5ccccc5)(c5ccccc5)c5cccc2c53)N4c2ccc(S(C)(C)C)cc2)cc(C(C)(C)C)c1. The highest BCUT2D eigenvalue weighted by atomic mass is 32.3. The molecule has 6 heteroatoms. The maximum atomic E-state index is 2.67. The van der Waals surface area contributed by atoms with Crippen molar-refractivity contribution in [1.82, 2.24) is 0 Å². The minimum atomic E-state index is -2.05. The van der Waals surface area contributed by atoms with Gasteiger partial charge in [0.05, 0.1) is 5.69 Å². The molecule has 12 rings (SSSR count). The van der Waals surface area contributed by atoms with Gasteiger partial charge in [0.15, 0.2) is 0 Å². The molecular weight excluding hydrogens is 898 g/mol. The summed E-state index contributed by atoms with van der Waals surface area (Å²) in [5.41, 5.74) is 17.2. The van der Waals surface area contributed by atoms with Crippen molar-refractivity contribution in [1.29, 1.82) is 0 Å². The van der Waals surface area contributed by atoms with Crippen molar-refractivity contribution in [2.24, 2.45) is 0 Å². The largest absolute Gasteiger partial charge is 0.311 e. The molecule has 9 aromatic rings. The van der Waals surface area contributed by atoms with E-state index in [-0.39, 0.29) is 17.5 Å². The predicted molar refractivity (Wildman–Crippen MR) is 310 cm³/mol. The summed E-state index contributed by atoms with van der Waals surface area (Å²) >= 11 is 0. The summed E-state index contributed by atoms with van der Waals surface area (Å²) in [5.74, 6) is 0. The molecule has 0 aliphatic carbocycles. The maximum Gasteiger partial charge on any atom is 0.255 e. The standard InChI is InChI=1S/C65H62BN3S2/c1-64(2,3)45-40-46(65(4,5)6)42-50(41-45)69-56-33-23-35-60-63(56)66-61-57(43-51(44-58(61)69)67(47-24-14-10-15-25-47)48-26-16-11-17-27-48)68(49-36-38-52(39-37-49)70(7,8)9)55-32-22-34-59(62(55)66)71(60,53-28-18-12-19-29-53)54-30-20-13-21-31-54/h10-44H,1-9H3. The summed E-state index contributed by atoms with van der Waals surface area (Å²) in [4.78, 5) is 14.7. The number of para-hydroxylation sites is 2. The fourth-order valence-corrected chi connectivity index (χ4v) is 16.7. The zero-order valence-corrected chi connectivity index (χ0v) is 44.1. The molecule has 0 bridgehead atoms. The second-order valence-corrected chi connectivity index (χ2v) is 29.4. The summed E-state index contributed by atoms with van der Waals surface area (Å²) < 4.78 is 0. The smallest absolute Gasteiger partial charge is 0.255 e. The van der Waals surface area contributed by atoms with Gasteiger partial charge in [0, 0.05) is 55.3 Å². The third kappa shape index (κ3) is 7.19. The van der Waals surface area contributed by atoms with E-state index >= 15 is 0 Å². The molecule has 0 radical (unpaired) electrons. The van der Waals surface area contributed by atoms with E-state index in [2.05, 4.69) is 287 Å². The lowest BCUT2D eigenvalue weighted by Crippen LogP contribution is -2.64. The topological polar surface area (TPSA) is 9.72 Å². The zero-order chi connectivity index (χ0) is 49.0. The summed E-state index contributed by atoms with van der Waals surface area (Å²) in [5, 5.41) is 0. The molecule has 3 aliphatic rings. The average Bonchev–Trinajstić information content (AvgIpc) is 3.37. The fourth-order valence-electron chi connectivity index (χ4n) is 11.4. The van der Waals surface area contributed by atoms with Crippen molar-refractivity contribution in [3.8, 4) is 0 Å². The lowest BCUT2D eigenvalue weighted by Gasteiger charge is -2.54. The monoisotopic (exact) mass is 959 g/mol. The van der Waals surface area contributed by atoms with Crippen LogP contribution < -0.4 is 31.1 Å². The Kier molecular flexibility index (Phi) is 10.6. The first kappa shape index (κ1) is 45.3. The highest BCUT2D eigenvalue weighted by Gasteiger charge is 2.53. The molecule has 0 saturated heterocycles. The van der Waals surface area contributed by atoms with Crippen LogP contribution in [0.2, 0.25) is 0 Å². The number of anilines is 9. The van der Waals surface area contributed by atoms with Gasteiger partial charge in [0.25, 0.3) is 6.71 Å². The van der Waals surface area contributed by atoms with E-state index < -0.39 is 20.1 Å². The Labute approximate surface area is 425 Å². The molecule has 0 fully saturated rings. The molecule has 0 unspecified atom stereocenters. The molecule has 3 heterocycles. The molecule has 3 nitrogen and oxygen atoms in total. The van der Waals surface area contributed by atoms with Crippen LogP contribution in [-0.4, -0.2) is 25.5 Å². The Bertz CT molecular complexity index is 3370. The Morgan fingerprint density at radius 2 is 0.817 bits per heavy atom. The van der Waals surface area contributed by atoms with E-state index in [0.29, 0.717) is 0 Å². The molecule has 0 N–H and O–H groups in total. The molecule has 0 aromatic heterocycles. The summed E-state index contributed by atoms with van der Waals surface area (Å²) in [6, 6.07) is 81.2. The molecule has 3 aliphatic heterocycles. The van der Waals surface area contributed by atoms with Crippen molar-refractivity contribution in [2.45, 2.75) is 76.8 Å². The molecule has 0 amide bonds. The first-order valence-corrected chi connectivity index (χ1v) is 29.5. The molecule has 352 valence electrons. The van der Waals surface area contributed by atoms with Crippen LogP contribution in [0.4, 0.5) is 51.2 Å². The van der Waals surface area contributed by atoms with E-state index in [0.717, 1.165) is 22.7 Å². The summed E-state index contributed by atoms with van der Waals surface area (Å²) in [6.07, 6.45) is 7.17. The fraction of sp³-hybridized carbons (Fsp3) is 0.169. The van der Waals surface area contributed by atoms with Gasteiger partial charge >= 0.3 is 0 Å². The molecule has 0 spiro atoms. The van der Waals surface area contributed by atoms with Gasteiger partial charge in [-0.15, -0.1) is 10.0 Å². The first-order chi connectivity index (χ1) is 34.1. The van der Waals surface area contributed by atoms with Crippen LogP contribution in [0.1, 0.15) is 52.7 Å². The van der Waals surface area contributed by atoms with Crippen molar-refractivity contribution < 1.29 is 0 Å². The van der Waals surface area contributed by atoms with E-state index in [1.54, 1.807) is 0 Å². The first-order valence-electron chi connectivity index (χ1n) is 25.0. The van der Waals surface area contributed by atoms with E-state index in [1.807, 2.05) is 0 Å². The van der Waals surface area contributed by atoms with Crippen LogP contribution in [0.15, 0.2) is 237 Å². The van der Waals surface area contributed by atoms with E-state index in [9.17, 15) is 0 Å². The van der Waals surface area contributed by atoms with Gasteiger partial charge in [-0.05, 0) is 193 Å². The third-order valence-corrected chi connectivity index (χ3v) is 20.6. The van der Waals surface area contributed by atoms with Crippen LogP contribution in [0, 0.1) is 0 Å². The van der Waals surface area contributed by atoms with Gasteiger partial charge in [-0.1, -0.05) is 133 Å². The Morgan fingerprint density at radius 1 is 0.394 bits per heavy atom. The number of rotatable bonds is 8. The summed E-state index contributed by atoms with van der Waals surface area (Å²) in [6.45, 7) is 14.1. The molecule has 9 aromatic carbocycles. The second kappa shape index (κ2) is 16.6. The van der Waals surface area contributed by atoms with Crippen molar-refractivity contribution in [2.75, 3.05) is 33.5 Å². The van der Waals surface area contributed by atoms with Crippen LogP contribution >= 0.6 is 20.1 Å². The van der Waals surface area contributed by atoms with E-state index in [1.165, 1.54) is 80.4 Å². The Morgan fingerprint density at radius 3 is 1.24 bits per heavy atom. The molecular formula is C65H62BN3S2. The quantitative estimate of drug-likeness (QED) is 0.141. The predicted octanol–water partition coefficient (Wildman–Crippen LogP) is 16.5. The lowest BCUT2D eigenvalue weighted by molar-refractivity contribution is 0.569. The molecule has 0 atom stereocenters. The molecule has 71 heavy (non-hydrogen) atoms. The highest BCUT2D eigenvalue weighted by molar-refractivity contribution is 8.34. The minimum absolute atomic E-state index is 0.0277. The molecule has 0 saturated carbocycles. The highest BCUT2D eigenvalue weighted by Crippen LogP contribution is 2.75. The van der Waals surface area contributed by atoms with Gasteiger partial charge < -0.3 is 14.7 Å². The number of benzene rings is 9. The van der Waals surface area contributed by atoms with Crippen LogP contribution in [-0.2, 0) is 10.8 Å². The third-order valence-electron chi connectivity index (χ3n) is 14.9. The number of hydrogen-bond donors (Lipinski definition) is 0. The van der Waals surface area contributed by atoms with Gasteiger partial charge in [0.2, 0.25) is 0 Å². The zero-order valence-electron chi connectivity index (χ0n) is 42.4. The number of nitrogens with zero attached hydrogens (tertiary/aromatic N) is 3. The van der Waals surface area contributed by atoms with E-state index in [4.69, 9.17) is 0 Å². The normalized spacial score (nSPS) is 15.0. The minimum Gasteiger partial charge on any atom is -0.311 e. The second-order valence-electron chi connectivity index (χ2n) is 22.2. The van der Waals surface area contributed by atoms with Crippen LogP contribution in [0.3, 0.4) is 0 Å². The van der Waals surface area contributed by atoms with Crippen molar-refractivity contribution in [3.05, 3.63) is 223 Å². The lowest BCUT2D eigenvalue weighted by atomic mass is 9.33. The van der Waals surface area contributed by atoms with Crippen molar-refractivity contribution >= 4 is 94.3 Å². The van der Waals surface area contributed by atoms with Gasteiger partial charge in [0.1, 0.15) is 0 Å². The van der Waals surface area contributed by atoms with Gasteiger partial charge in [-0.3, -0.25) is 0 Å². The Hall–Kier alpha value is -6.86. The average molecular weight is 960 g/mol. The Balaban J connectivity index is 1.28. The van der Waals surface area contributed by atoms with Gasteiger partial charge in [-0.2, -0.15) is 0 Å². The maximum absolute atomic E-state index is 2.67. The van der Waals surface area contributed by atoms with Crippen LogP contribution in [0.25, 0.3) is 0 Å².